The molecule has 0 bridgehead atoms. The molecule has 0 aromatic heterocycles. The molecule has 0 aliphatic carbocycles. The number of nitrogens with zero attached hydrogens (tertiary/aromatic N) is 2. The van der Waals surface area contributed by atoms with E-state index in [0.717, 1.165) is 0 Å². The summed E-state index contributed by atoms with van der Waals surface area (Å²) in [5.74, 6) is -0.203. The normalized spacial score (nSPS) is 17.0. The molecule has 8 heteroatoms. The number of amides is 2. The van der Waals surface area contributed by atoms with Crippen LogP contribution in [0, 0.1) is 10.1 Å². The van der Waals surface area contributed by atoms with Crippen LogP contribution in [0.4, 0.5) is 16.2 Å². The number of carbonyl (C=O) groups excluding carboxylic acids is 2. The Morgan fingerprint density at radius 2 is 1.96 bits per heavy atom. The molecule has 2 N–H and O–H groups in total. The van der Waals surface area contributed by atoms with E-state index in [-0.39, 0.29) is 11.5 Å². The molecule has 25 heavy (non-hydrogen) atoms. The summed E-state index contributed by atoms with van der Waals surface area (Å²) in [6.45, 7) is 8.17. The number of allylic oxidation sites excluding steroid dienone is 1. The van der Waals surface area contributed by atoms with Crippen LogP contribution in [0.15, 0.2) is 29.5 Å². The SMILES string of the molecule is CCN(CC)c1ccc(C2NC(=O)NC(C)=C2C(C)=O)cc1[N+](=O)[O-]. The minimum absolute atomic E-state index is 0.0467. The molecule has 1 aliphatic rings. The van der Waals surface area contributed by atoms with Crippen molar-refractivity contribution in [1.82, 2.24) is 10.6 Å². The fourth-order valence-electron chi connectivity index (χ4n) is 3.11. The fraction of sp³-hybridized carbons (Fsp3) is 0.412. The highest BCUT2D eigenvalue weighted by Gasteiger charge is 2.31. The average Bonchev–Trinajstić information content (AvgIpc) is 2.54. The van der Waals surface area contributed by atoms with Crippen LogP contribution in [0.25, 0.3) is 0 Å². The third-order valence-corrected chi connectivity index (χ3v) is 4.28. The number of urea groups is 1. The van der Waals surface area contributed by atoms with E-state index in [1.165, 1.54) is 13.0 Å². The molecule has 1 atom stereocenters. The van der Waals surface area contributed by atoms with Crippen molar-refractivity contribution in [3.05, 3.63) is 45.1 Å². The molecule has 1 aliphatic heterocycles. The molecule has 1 unspecified atom stereocenters. The summed E-state index contributed by atoms with van der Waals surface area (Å²) in [5, 5.41) is 16.8. The first kappa shape index (κ1) is 18.4. The van der Waals surface area contributed by atoms with Crippen molar-refractivity contribution >= 4 is 23.2 Å². The quantitative estimate of drug-likeness (QED) is 0.608. The second-order valence-corrected chi connectivity index (χ2v) is 5.80. The summed E-state index contributed by atoms with van der Waals surface area (Å²) in [7, 11) is 0. The average molecular weight is 346 g/mol. The number of anilines is 1. The van der Waals surface area contributed by atoms with Crippen molar-refractivity contribution in [2.75, 3.05) is 18.0 Å². The summed E-state index contributed by atoms with van der Waals surface area (Å²) in [6.07, 6.45) is 0. The number of nitro groups is 1. The zero-order valence-electron chi connectivity index (χ0n) is 14.8. The first-order valence-corrected chi connectivity index (χ1v) is 8.12. The summed E-state index contributed by atoms with van der Waals surface area (Å²) in [5.41, 5.74) is 1.82. The van der Waals surface area contributed by atoms with Crippen LogP contribution in [0.2, 0.25) is 0 Å². The van der Waals surface area contributed by atoms with E-state index in [2.05, 4.69) is 10.6 Å². The lowest BCUT2D eigenvalue weighted by Gasteiger charge is -2.28. The maximum absolute atomic E-state index is 12.0. The second-order valence-electron chi connectivity index (χ2n) is 5.80. The van der Waals surface area contributed by atoms with E-state index in [1.54, 1.807) is 19.1 Å². The molecule has 0 fully saturated rings. The van der Waals surface area contributed by atoms with Crippen LogP contribution >= 0.6 is 0 Å². The third-order valence-electron chi connectivity index (χ3n) is 4.28. The van der Waals surface area contributed by atoms with E-state index in [9.17, 15) is 19.7 Å². The Morgan fingerprint density at radius 3 is 2.48 bits per heavy atom. The molecule has 0 saturated carbocycles. The van der Waals surface area contributed by atoms with Crippen LogP contribution < -0.4 is 15.5 Å². The van der Waals surface area contributed by atoms with E-state index in [4.69, 9.17) is 0 Å². The molecular weight excluding hydrogens is 324 g/mol. The molecule has 1 heterocycles. The number of carbonyl (C=O) groups is 2. The summed E-state index contributed by atoms with van der Waals surface area (Å²) in [6, 6.07) is 3.66. The van der Waals surface area contributed by atoms with E-state index in [0.29, 0.717) is 35.6 Å². The van der Waals surface area contributed by atoms with Gasteiger partial charge < -0.3 is 15.5 Å². The van der Waals surface area contributed by atoms with Crippen molar-refractivity contribution in [2.24, 2.45) is 0 Å². The number of nitrogens with one attached hydrogen (secondary N) is 2. The summed E-state index contributed by atoms with van der Waals surface area (Å²) < 4.78 is 0. The highest BCUT2D eigenvalue weighted by molar-refractivity contribution is 5.98. The monoisotopic (exact) mass is 346 g/mol. The van der Waals surface area contributed by atoms with Crippen LogP contribution in [0.1, 0.15) is 39.3 Å². The van der Waals surface area contributed by atoms with Crippen molar-refractivity contribution in [3.8, 4) is 0 Å². The van der Waals surface area contributed by atoms with Crippen molar-refractivity contribution in [1.29, 1.82) is 0 Å². The smallest absolute Gasteiger partial charge is 0.319 e. The van der Waals surface area contributed by atoms with Crippen molar-refractivity contribution in [3.63, 3.8) is 0 Å². The standard InChI is InChI=1S/C17H22N4O4/c1-5-20(6-2)13-8-7-12(9-14(13)21(24)25)16-15(11(4)22)10(3)18-17(23)19-16/h7-9,16H,5-6H2,1-4H3,(H2,18,19,23). The molecule has 134 valence electrons. The fourth-order valence-corrected chi connectivity index (χ4v) is 3.11. The minimum Gasteiger partial charge on any atom is -0.367 e. The molecule has 1 aromatic rings. The Hall–Kier alpha value is -2.90. The maximum Gasteiger partial charge on any atom is 0.319 e. The van der Waals surface area contributed by atoms with E-state index >= 15 is 0 Å². The highest BCUT2D eigenvalue weighted by Crippen LogP contribution is 2.34. The van der Waals surface area contributed by atoms with Gasteiger partial charge in [-0.25, -0.2) is 4.79 Å². The number of nitro benzene ring substituents is 1. The second kappa shape index (κ2) is 7.33. The molecular formula is C17H22N4O4. The first-order chi connectivity index (χ1) is 11.8. The topological polar surface area (TPSA) is 105 Å². The van der Waals surface area contributed by atoms with Crippen LogP contribution in [-0.4, -0.2) is 29.8 Å². The lowest BCUT2D eigenvalue weighted by molar-refractivity contribution is -0.384. The van der Waals surface area contributed by atoms with Crippen LogP contribution in [0.3, 0.4) is 0 Å². The van der Waals surface area contributed by atoms with Gasteiger partial charge in [0.05, 0.1) is 11.0 Å². The molecule has 2 rings (SSSR count). The molecule has 2 amide bonds. The van der Waals surface area contributed by atoms with Crippen molar-refractivity contribution in [2.45, 2.75) is 33.7 Å². The van der Waals surface area contributed by atoms with E-state index < -0.39 is 17.0 Å². The first-order valence-electron chi connectivity index (χ1n) is 8.12. The Labute approximate surface area is 146 Å². The lowest BCUT2D eigenvalue weighted by Crippen LogP contribution is -2.44. The number of rotatable bonds is 6. The number of hydrogen-bond acceptors (Lipinski definition) is 5. The Kier molecular flexibility index (Phi) is 5.41. The van der Waals surface area contributed by atoms with Gasteiger partial charge in [0.2, 0.25) is 0 Å². The Bertz CT molecular complexity index is 753. The molecule has 1 aromatic carbocycles. The van der Waals surface area contributed by atoms with Gasteiger partial charge in [-0.15, -0.1) is 0 Å². The molecule has 0 saturated heterocycles. The lowest BCUT2D eigenvalue weighted by atomic mass is 9.92. The maximum atomic E-state index is 12.0. The van der Waals surface area contributed by atoms with Gasteiger partial charge in [0.25, 0.3) is 5.69 Å². The largest absolute Gasteiger partial charge is 0.367 e. The number of ketones is 1. The predicted molar refractivity (Wildman–Crippen MR) is 94.4 cm³/mol. The molecule has 0 spiro atoms. The van der Waals surface area contributed by atoms with E-state index in [1.807, 2.05) is 18.7 Å². The zero-order chi connectivity index (χ0) is 18.7. The predicted octanol–water partition coefficient (Wildman–Crippen LogP) is 2.66. The number of benzene rings is 1. The van der Waals surface area contributed by atoms with Gasteiger partial charge in [0, 0.05) is 30.4 Å². The number of Topliss-reactive ketones (excluding diaryl/α,β-unsaturated/α-hetero) is 1. The minimum atomic E-state index is -0.712. The van der Waals surface area contributed by atoms with Gasteiger partial charge >= 0.3 is 6.03 Å². The van der Waals surface area contributed by atoms with Crippen LogP contribution in [0.5, 0.6) is 0 Å². The van der Waals surface area contributed by atoms with Crippen LogP contribution in [-0.2, 0) is 4.79 Å². The Morgan fingerprint density at radius 1 is 1.32 bits per heavy atom. The third kappa shape index (κ3) is 3.62. The number of hydrogen-bond donors (Lipinski definition) is 2. The van der Waals surface area contributed by atoms with Gasteiger partial charge in [0.15, 0.2) is 5.78 Å². The summed E-state index contributed by atoms with van der Waals surface area (Å²) in [4.78, 5) is 36.8. The molecule has 8 nitrogen and oxygen atoms in total. The van der Waals surface area contributed by atoms with Gasteiger partial charge in [-0.1, -0.05) is 6.07 Å². The molecule has 0 radical (unpaired) electrons. The zero-order valence-corrected chi connectivity index (χ0v) is 14.8. The van der Waals surface area contributed by atoms with Crippen molar-refractivity contribution < 1.29 is 14.5 Å². The van der Waals surface area contributed by atoms with Gasteiger partial charge in [-0.2, -0.15) is 0 Å². The Balaban J connectivity index is 2.57. The highest BCUT2D eigenvalue weighted by atomic mass is 16.6. The summed E-state index contributed by atoms with van der Waals surface area (Å²) >= 11 is 0. The van der Waals surface area contributed by atoms with Gasteiger partial charge in [-0.05, 0) is 39.3 Å². The van der Waals surface area contributed by atoms with Gasteiger partial charge in [0.1, 0.15) is 5.69 Å². The van der Waals surface area contributed by atoms with Gasteiger partial charge in [-0.3, -0.25) is 14.9 Å².